The molecule has 0 radical (unpaired) electrons. The molecule has 2 aromatic rings. The zero-order valence-electron chi connectivity index (χ0n) is 14.3. The maximum atomic E-state index is 12.2. The van der Waals surface area contributed by atoms with Gasteiger partial charge in [-0.3, -0.25) is 4.79 Å². The van der Waals surface area contributed by atoms with Crippen molar-refractivity contribution in [3.05, 3.63) is 34.3 Å². The average Bonchev–Trinajstić information content (AvgIpc) is 3.19. The van der Waals surface area contributed by atoms with Crippen molar-refractivity contribution in [1.82, 2.24) is 20.3 Å². The van der Waals surface area contributed by atoms with Gasteiger partial charge in [-0.15, -0.1) is 5.10 Å². The number of aromatic nitrogens is 3. The lowest BCUT2D eigenvalue weighted by Crippen LogP contribution is -2.34. The Hall–Kier alpha value is -1.77. The SMILES string of the molecule is CCOC(Cn1cc(C(=O)N[C@@H](C)Cc2ccsc2)nn1)OCC. The molecule has 132 valence electrons. The predicted octanol–water partition coefficient (Wildman–Crippen LogP) is 2.10. The maximum absolute atomic E-state index is 12.2. The van der Waals surface area contributed by atoms with Crippen LogP contribution in [0.5, 0.6) is 0 Å². The molecule has 0 aliphatic rings. The molecule has 0 unspecified atom stereocenters. The molecule has 0 saturated heterocycles. The number of rotatable bonds is 10. The largest absolute Gasteiger partial charge is 0.351 e. The number of thiophene rings is 1. The highest BCUT2D eigenvalue weighted by molar-refractivity contribution is 7.07. The lowest BCUT2D eigenvalue weighted by atomic mass is 10.1. The summed E-state index contributed by atoms with van der Waals surface area (Å²) >= 11 is 1.65. The molecule has 2 aromatic heterocycles. The highest BCUT2D eigenvalue weighted by atomic mass is 32.1. The molecule has 1 N–H and O–H groups in total. The second-order valence-electron chi connectivity index (χ2n) is 5.38. The molecular weight excluding hydrogens is 328 g/mol. The Morgan fingerprint density at radius 3 is 2.75 bits per heavy atom. The van der Waals surface area contributed by atoms with Crippen molar-refractivity contribution in [3.8, 4) is 0 Å². The van der Waals surface area contributed by atoms with Crippen molar-refractivity contribution in [2.45, 2.75) is 46.1 Å². The number of amides is 1. The maximum Gasteiger partial charge on any atom is 0.273 e. The van der Waals surface area contributed by atoms with Crippen LogP contribution in [0.15, 0.2) is 23.0 Å². The van der Waals surface area contributed by atoms with Crippen LogP contribution in [-0.2, 0) is 22.4 Å². The summed E-state index contributed by atoms with van der Waals surface area (Å²) in [7, 11) is 0. The van der Waals surface area contributed by atoms with Crippen molar-refractivity contribution in [3.63, 3.8) is 0 Å². The third-order valence-electron chi connectivity index (χ3n) is 3.31. The number of nitrogens with one attached hydrogen (secondary N) is 1. The van der Waals surface area contributed by atoms with Crippen LogP contribution < -0.4 is 5.32 Å². The third-order valence-corrected chi connectivity index (χ3v) is 4.04. The van der Waals surface area contributed by atoms with Gasteiger partial charge < -0.3 is 14.8 Å². The second kappa shape index (κ2) is 9.51. The van der Waals surface area contributed by atoms with Gasteiger partial charge in [0.15, 0.2) is 12.0 Å². The molecule has 2 heterocycles. The fourth-order valence-corrected chi connectivity index (χ4v) is 2.96. The first kappa shape index (κ1) is 18.6. The Morgan fingerprint density at radius 1 is 1.38 bits per heavy atom. The van der Waals surface area contributed by atoms with Gasteiger partial charge in [0.05, 0.1) is 12.7 Å². The van der Waals surface area contributed by atoms with Gasteiger partial charge in [0, 0.05) is 19.3 Å². The van der Waals surface area contributed by atoms with Gasteiger partial charge >= 0.3 is 0 Å². The smallest absolute Gasteiger partial charge is 0.273 e. The van der Waals surface area contributed by atoms with Gasteiger partial charge in [-0.2, -0.15) is 11.3 Å². The minimum absolute atomic E-state index is 0.0249. The minimum atomic E-state index is -0.393. The highest BCUT2D eigenvalue weighted by Crippen LogP contribution is 2.09. The fourth-order valence-electron chi connectivity index (χ4n) is 2.28. The fraction of sp³-hybridized carbons (Fsp3) is 0.562. The van der Waals surface area contributed by atoms with E-state index in [9.17, 15) is 4.79 Å². The summed E-state index contributed by atoms with van der Waals surface area (Å²) in [5.74, 6) is -0.228. The van der Waals surface area contributed by atoms with E-state index in [1.807, 2.05) is 26.2 Å². The lowest BCUT2D eigenvalue weighted by Gasteiger charge is -2.16. The summed E-state index contributed by atoms with van der Waals surface area (Å²) in [6.07, 6.45) is 2.01. The van der Waals surface area contributed by atoms with Crippen LogP contribution >= 0.6 is 11.3 Å². The van der Waals surface area contributed by atoms with Crippen molar-refractivity contribution < 1.29 is 14.3 Å². The Kier molecular flexibility index (Phi) is 7.36. The number of carbonyl (C=O) groups is 1. The molecule has 24 heavy (non-hydrogen) atoms. The summed E-state index contributed by atoms with van der Waals surface area (Å²) in [4.78, 5) is 12.2. The first-order valence-electron chi connectivity index (χ1n) is 8.07. The van der Waals surface area contributed by atoms with Crippen molar-refractivity contribution in [2.24, 2.45) is 0 Å². The topological polar surface area (TPSA) is 78.3 Å². The molecule has 0 fully saturated rings. The standard InChI is InChI=1S/C16H24N4O3S/c1-4-22-15(23-5-2)10-20-9-14(18-19-20)16(21)17-12(3)8-13-6-7-24-11-13/h6-7,9,11-12,15H,4-5,8,10H2,1-3H3,(H,17,21)/t12-/m0/s1. The van der Waals surface area contributed by atoms with Crippen LogP contribution in [0.4, 0.5) is 0 Å². The molecule has 0 bridgehead atoms. The lowest BCUT2D eigenvalue weighted by molar-refractivity contribution is -0.145. The number of ether oxygens (including phenoxy) is 2. The average molecular weight is 352 g/mol. The quantitative estimate of drug-likeness (QED) is 0.663. The van der Waals surface area contributed by atoms with E-state index in [0.29, 0.717) is 25.5 Å². The van der Waals surface area contributed by atoms with Crippen LogP contribution in [0.3, 0.4) is 0 Å². The van der Waals surface area contributed by atoms with E-state index < -0.39 is 6.29 Å². The number of carbonyl (C=O) groups excluding carboxylic acids is 1. The van der Waals surface area contributed by atoms with Crippen LogP contribution in [0.25, 0.3) is 0 Å². The van der Waals surface area contributed by atoms with Gasteiger partial charge in [-0.1, -0.05) is 5.21 Å². The van der Waals surface area contributed by atoms with E-state index in [1.54, 1.807) is 22.2 Å². The molecule has 0 saturated carbocycles. The highest BCUT2D eigenvalue weighted by Gasteiger charge is 2.16. The normalized spacial score (nSPS) is 12.5. The minimum Gasteiger partial charge on any atom is -0.351 e. The van der Waals surface area contributed by atoms with Crippen LogP contribution in [0.2, 0.25) is 0 Å². The van der Waals surface area contributed by atoms with Crippen LogP contribution in [-0.4, -0.2) is 46.4 Å². The van der Waals surface area contributed by atoms with E-state index in [4.69, 9.17) is 9.47 Å². The van der Waals surface area contributed by atoms with Crippen LogP contribution in [0, 0.1) is 0 Å². The molecule has 8 heteroatoms. The molecule has 0 spiro atoms. The number of hydrogen-bond donors (Lipinski definition) is 1. The molecule has 7 nitrogen and oxygen atoms in total. The summed E-state index contributed by atoms with van der Waals surface area (Å²) in [5, 5.41) is 15.0. The summed E-state index contributed by atoms with van der Waals surface area (Å²) in [5.41, 5.74) is 1.51. The van der Waals surface area contributed by atoms with Crippen molar-refractivity contribution >= 4 is 17.2 Å². The first-order valence-corrected chi connectivity index (χ1v) is 9.01. The van der Waals surface area contributed by atoms with Gasteiger partial charge in [0.25, 0.3) is 5.91 Å². The van der Waals surface area contributed by atoms with E-state index in [1.165, 1.54) is 5.56 Å². The van der Waals surface area contributed by atoms with E-state index in [-0.39, 0.29) is 11.9 Å². The molecule has 1 atom stereocenters. The van der Waals surface area contributed by atoms with Gasteiger partial charge in [-0.05, 0) is 49.6 Å². The van der Waals surface area contributed by atoms with Crippen molar-refractivity contribution in [2.75, 3.05) is 13.2 Å². The van der Waals surface area contributed by atoms with E-state index >= 15 is 0 Å². The van der Waals surface area contributed by atoms with Crippen molar-refractivity contribution in [1.29, 1.82) is 0 Å². The zero-order valence-corrected chi connectivity index (χ0v) is 15.1. The number of hydrogen-bond acceptors (Lipinski definition) is 6. The Bertz CT molecular complexity index is 609. The van der Waals surface area contributed by atoms with Gasteiger partial charge in [0.2, 0.25) is 0 Å². The molecule has 0 aliphatic heterocycles. The van der Waals surface area contributed by atoms with Crippen LogP contribution in [0.1, 0.15) is 36.8 Å². The van der Waals surface area contributed by atoms with Gasteiger partial charge in [0.1, 0.15) is 0 Å². The monoisotopic (exact) mass is 352 g/mol. The summed E-state index contributed by atoms with van der Waals surface area (Å²) < 4.78 is 12.5. The zero-order chi connectivity index (χ0) is 17.4. The molecule has 0 aliphatic carbocycles. The molecule has 0 aromatic carbocycles. The first-order chi connectivity index (χ1) is 11.6. The molecular formula is C16H24N4O3S. The second-order valence-corrected chi connectivity index (χ2v) is 6.16. The summed E-state index contributed by atoms with van der Waals surface area (Å²) in [6, 6.07) is 2.09. The van der Waals surface area contributed by atoms with E-state index in [0.717, 1.165) is 6.42 Å². The molecule has 1 amide bonds. The van der Waals surface area contributed by atoms with Gasteiger partial charge in [-0.25, -0.2) is 4.68 Å². The predicted molar refractivity (Wildman–Crippen MR) is 92.0 cm³/mol. The Balaban J connectivity index is 1.87. The summed E-state index contributed by atoms with van der Waals surface area (Å²) in [6.45, 7) is 7.27. The Morgan fingerprint density at radius 2 is 2.12 bits per heavy atom. The number of nitrogens with zero attached hydrogens (tertiary/aromatic N) is 3. The Labute approximate surface area is 146 Å². The van der Waals surface area contributed by atoms with E-state index in [2.05, 4.69) is 27.1 Å². The molecule has 2 rings (SSSR count). The third kappa shape index (κ3) is 5.70.